The third-order valence-electron chi connectivity index (χ3n) is 3.09. The zero-order chi connectivity index (χ0) is 15.4. The van der Waals surface area contributed by atoms with E-state index in [9.17, 15) is 9.90 Å². The zero-order valence-corrected chi connectivity index (χ0v) is 13.1. The first-order chi connectivity index (χ1) is 10.0. The van der Waals surface area contributed by atoms with Crippen LogP contribution in [0.15, 0.2) is 35.3 Å². The standard InChI is InChI=1S/C16H18N2O2S/c1-4-17-11(3)18-15-13(16(19)20)10(2)14(21-15)12-8-6-5-7-9-12/h5-9H,4H2,1-3H3,(H,17,18)(H,19,20). The molecular formula is C16H18N2O2S. The molecule has 4 nitrogen and oxygen atoms in total. The van der Waals surface area contributed by atoms with Gasteiger partial charge in [0.15, 0.2) is 0 Å². The summed E-state index contributed by atoms with van der Waals surface area (Å²) in [5.41, 5.74) is 2.13. The topological polar surface area (TPSA) is 61.7 Å². The quantitative estimate of drug-likeness (QED) is 0.655. The molecule has 1 heterocycles. The predicted molar refractivity (Wildman–Crippen MR) is 88.7 cm³/mol. The summed E-state index contributed by atoms with van der Waals surface area (Å²) in [6.07, 6.45) is 0. The largest absolute Gasteiger partial charge is 0.478 e. The molecule has 21 heavy (non-hydrogen) atoms. The zero-order valence-electron chi connectivity index (χ0n) is 12.3. The number of hydrogen-bond acceptors (Lipinski definition) is 3. The van der Waals surface area contributed by atoms with E-state index in [4.69, 9.17) is 0 Å². The van der Waals surface area contributed by atoms with E-state index < -0.39 is 5.97 Å². The van der Waals surface area contributed by atoms with E-state index in [-0.39, 0.29) is 0 Å². The number of amidine groups is 1. The maximum Gasteiger partial charge on any atom is 0.339 e. The van der Waals surface area contributed by atoms with Gasteiger partial charge < -0.3 is 10.4 Å². The molecule has 0 saturated heterocycles. The molecule has 0 spiro atoms. The maximum atomic E-state index is 11.6. The molecular weight excluding hydrogens is 284 g/mol. The Labute approximate surface area is 128 Å². The Morgan fingerprint density at radius 1 is 1.33 bits per heavy atom. The van der Waals surface area contributed by atoms with Crippen LogP contribution in [0.1, 0.15) is 29.8 Å². The Balaban J connectivity index is 2.51. The molecule has 2 N–H and O–H groups in total. The van der Waals surface area contributed by atoms with Crippen molar-refractivity contribution < 1.29 is 9.90 Å². The highest BCUT2D eigenvalue weighted by Crippen LogP contribution is 2.39. The fourth-order valence-electron chi connectivity index (χ4n) is 2.16. The monoisotopic (exact) mass is 302 g/mol. The summed E-state index contributed by atoms with van der Waals surface area (Å²) in [4.78, 5) is 16.8. The van der Waals surface area contributed by atoms with Crippen LogP contribution >= 0.6 is 11.3 Å². The predicted octanol–water partition coefficient (Wildman–Crippen LogP) is 4.27. The Bertz CT molecular complexity index is 675. The van der Waals surface area contributed by atoms with Gasteiger partial charge in [0.05, 0.1) is 11.4 Å². The number of nitrogens with zero attached hydrogens (tertiary/aromatic N) is 1. The smallest absolute Gasteiger partial charge is 0.339 e. The number of aliphatic imine (C=N–C) groups is 1. The molecule has 0 fully saturated rings. The molecule has 110 valence electrons. The number of rotatable bonds is 4. The molecule has 5 heteroatoms. The van der Waals surface area contributed by atoms with E-state index in [0.29, 0.717) is 17.1 Å². The first-order valence-electron chi connectivity index (χ1n) is 6.74. The van der Waals surface area contributed by atoms with Crippen LogP contribution in [0.25, 0.3) is 10.4 Å². The molecule has 0 amide bonds. The SMILES string of the molecule is CCN=C(C)Nc1sc(-c2ccccc2)c(C)c1C(=O)O. The van der Waals surface area contributed by atoms with E-state index in [0.717, 1.165) is 21.8 Å². The fourth-order valence-corrected chi connectivity index (χ4v) is 3.42. The highest BCUT2D eigenvalue weighted by Gasteiger charge is 2.21. The lowest BCUT2D eigenvalue weighted by Gasteiger charge is -2.04. The van der Waals surface area contributed by atoms with Crippen molar-refractivity contribution >= 4 is 28.1 Å². The molecule has 2 aromatic rings. The van der Waals surface area contributed by atoms with Crippen molar-refractivity contribution in [2.75, 3.05) is 11.9 Å². The van der Waals surface area contributed by atoms with Gasteiger partial charge in [-0.05, 0) is 31.9 Å². The molecule has 0 bridgehead atoms. The fraction of sp³-hybridized carbons (Fsp3) is 0.250. The van der Waals surface area contributed by atoms with Gasteiger partial charge in [-0.15, -0.1) is 11.3 Å². The third-order valence-corrected chi connectivity index (χ3v) is 4.34. The van der Waals surface area contributed by atoms with Crippen molar-refractivity contribution in [3.8, 4) is 10.4 Å². The normalized spacial score (nSPS) is 11.5. The number of carboxylic acids is 1. The van der Waals surface area contributed by atoms with Gasteiger partial charge in [0.25, 0.3) is 0 Å². The van der Waals surface area contributed by atoms with Crippen LogP contribution in [0.3, 0.4) is 0 Å². The number of nitrogens with one attached hydrogen (secondary N) is 1. The summed E-state index contributed by atoms with van der Waals surface area (Å²) < 4.78 is 0. The molecule has 0 unspecified atom stereocenters. The lowest BCUT2D eigenvalue weighted by molar-refractivity contribution is 0.0698. The van der Waals surface area contributed by atoms with Crippen molar-refractivity contribution in [1.82, 2.24) is 0 Å². The molecule has 2 rings (SSSR count). The highest BCUT2D eigenvalue weighted by atomic mass is 32.1. The first-order valence-corrected chi connectivity index (χ1v) is 7.56. The summed E-state index contributed by atoms with van der Waals surface area (Å²) in [6, 6.07) is 9.82. The van der Waals surface area contributed by atoms with Crippen molar-refractivity contribution in [3.05, 3.63) is 41.5 Å². The summed E-state index contributed by atoms with van der Waals surface area (Å²) in [7, 11) is 0. The summed E-state index contributed by atoms with van der Waals surface area (Å²) in [6.45, 7) is 6.29. The van der Waals surface area contributed by atoms with Gasteiger partial charge in [0.2, 0.25) is 0 Å². The average Bonchev–Trinajstić information content (AvgIpc) is 2.76. The number of carboxylic acid groups (broad SMARTS) is 1. The lowest BCUT2D eigenvalue weighted by atomic mass is 10.1. The number of aromatic carboxylic acids is 1. The van der Waals surface area contributed by atoms with E-state index in [1.54, 1.807) is 0 Å². The second kappa shape index (κ2) is 6.54. The van der Waals surface area contributed by atoms with Gasteiger partial charge in [-0.25, -0.2) is 4.79 Å². The number of benzene rings is 1. The highest BCUT2D eigenvalue weighted by molar-refractivity contribution is 7.20. The Morgan fingerprint density at radius 3 is 2.57 bits per heavy atom. The Kier molecular flexibility index (Phi) is 4.75. The van der Waals surface area contributed by atoms with Crippen molar-refractivity contribution in [2.24, 2.45) is 4.99 Å². The van der Waals surface area contributed by atoms with Crippen LogP contribution < -0.4 is 5.32 Å². The number of thiophene rings is 1. The maximum absolute atomic E-state index is 11.6. The molecule has 0 aliphatic rings. The minimum absolute atomic E-state index is 0.324. The molecule has 1 aromatic heterocycles. The number of hydrogen-bond donors (Lipinski definition) is 2. The van der Waals surface area contributed by atoms with Gasteiger partial charge in [-0.1, -0.05) is 30.3 Å². The van der Waals surface area contributed by atoms with E-state index >= 15 is 0 Å². The summed E-state index contributed by atoms with van der Waals surface area (Å²) in [5, 5.41) is 13.2. The minimum atomic E-state index is -0.919. The minimum Gasteiger partial charge on any atom is -0.478 e. The number of carbonyl (C=O) groups is 1. The van der Waals surface area contributed by atoms with Crippen LogP contribution in [0.4, 0.5) is 5.00 Å². The van der Waals surface area contributed by atoms with Crippen molar-refractivity contribution in [3.63, 3.8) is 0 Å². The first kappa shape index (κ1) is 15.3. The molecule has 0 atom stereocenters. The average molecular weight is 302 g/mol. The van der Waals surface area contributed by atoms with Crippen LogP contribution in [0, 0.1) is 6.92 Å². The number of anilines is 1. The van der Waals surface area contributed by atoms with Gasteiger partial charge in [-0.2, -0.15) is 0 Å². The Morgan fingerprint density at radius 2 is 2.00 bits per heavy atom. The van der Waals surface area contributed by atoms with E-state index in [2.05, 4.69) is 10.3 Å². The lowest BCUT2D eigenvalue weighted by Crippen LogP contribution is -2.10. The van der Waals surface area contributed by atoms with Crippen LogP contribution in [0.5, 0.6) is 0 Å². The van der Waals surface area contributed by atoms with E-state index in [1.807, 2.05) is 51.1 Å². The van der Waals surface area contributed by atoms with Gasteiger partial charge >= 0.3 is 5.97 Å². The molecule has 0 radical (unpaired) electrons. The van der Waals surface area contributed by atoms with Crippen LogP contribution in [-0.2, 0) is 0 Å². The van der Waals surface area contributed by atoms with Crippen LogP contribution in [0.2, 0.25) is 0 Å². The van der Waals surface area contributed by atoms with Gasteiger partial charge in [0.1, 0.15) is 5.00 Å². The molecule has 0 saturated carbocycles. The second-order valence-electron chi connectivity index (χ2n) is 4.62. The molecule has 0 aliphatic carbocycles. The summed E-state index contributed by atoms with van der Waals surface area (Å²) in [5.74, 6) is -0.196. The third kappa shape index (κ3) is 3.31. The van der Waals surface area contributed by atoms with Crippen molar-refractivity contribution in [1.29, 1.82) is 0 Å². The second-order valence-corrected chi connectivity index (χ2v) is 5.64. The molecule has 1 aromatic carbocycles. The van der Waals surface area contributed by atoms with Gasteiger partial charge in [0, 0.05) is 11.4 Å². The van der Waals surface area contributed by atoms with Crippen molar-refractivity contribution in [2.45, 2.75) is 20.8 Å². The Hall–Kier alpha value is -2.14. The van der Waals surface area contributed by atoms with Gasteiger partial charge in [-0.3, -0.25) is 4.99 Å². The summed E-state index contributed by atoms with van der Waals surface area (Å²) >= 11 is 1.45. The van der Waals surface area contributed by atoms with E-state index in [1.165, 1.54) is 11.3 Å². The van der Waals surface area contributed by atoms with Crippen LogP contribution in [-0.4, -0.2) is 23.5 Å². The molecule has 0 aliphatic heterocycles.